The summed E-state index contributed by atoms with van der Waals surface area (Å²) in [5, 5.41) is 3.86. The van der Waals surface area contributed by atoms with E-state index in [1.807, 2.05) is 6.92 Å². The largest absolute Gasteiger partial charge is 0.339 e. The quantitative estimate of drug-likeness (QED) is 0.662. The van der Waals surface area contributed by atoms with Gasteiger partial charge in [0, 0.05) is 18.5 Å². The van der Waals surface area contributed by atoms with Crippen molar-refractivity contribution in [1.82, 2.24) is 10.1 Å². The van der Waals surface area contributed by atoms with Gasteiger partial charge in [0.25, 0.3) is 0 Å². The van der Waals surface area contributed by atoms with Gasteiger partial charge < -0.3 is 9.42 Å². The molecule has 0 N–H and O–H groups in total. The number of benzene rings is 2. The van der Waals surface area contributed by atoms with E-state index in [0.717, 1.165) is 5.56 Å². The highest BCUT2D eigenvalue weighted by molar-refractivity contribution is 6.30. The summed E-state index contributed by atoms with van der Waals surface area (Å²) in [6, 6.07) is 8.81. The number of halogens is 3. The van der Waals surface area contributed by atoms with Crippen LogP contribution in [0.1, 0.15) is 23.8 Å². The van der Waals surface area contributed by atoms with Crippen LogP contribution in [0.15, 0.2) is 40.9 Å². The lowest BCUT2D eigenvalue weighted by Crippen LogP contribution is -2.25. The maximum absolute atomic E-state index is 14.1. The predicted molar refractivity (Wildman–Crippen MR) is 95.6 cm³/mol. The number of anilines is 1. The van der Waals surface area contributed by atoms with Crippen LogP contribution in [-0.4, -0.2) is 22.6 Å². The molecule has 1 aliphatic rings. The molecular weight excluding hydrogens is 376 g/mol. The summed E-state index contributed by atoms with van der Waals surface area (Å²) in [6.45, 7) is 2.06. The first-order valence-corrected chi connectivity index (χ1v) is 8.65. The number of aryl methyl sites for hydroxylation is 1. The maximum Gasteiger partial charge on any atom is 0.232 e. The van der Waals surface area contributed by atoms with Gasteiger partial charge in [0.2, 0.25) is 17.6 Å². The number of aromatic nitrogens is 2. The van der Waals surface area contributed by atoms with E-state index in [0.29, 0.717) is 5.56 Å². The summed E-state index contributed by atoms with van der Waals surface area (Å²) in [4.78, 5) is 18.0. The summed E-state index contributed by atoms with van der Waals surface area (Å²) in [6.07, 6.45) is 0.129. The molecule has 4 rings (SSSR count). The van der Waals surface area contributed by atoms with Crippen LogP contribution >= 0.6 is 11.6 Å². The number of rotatable bonds is 3. The Morgan fingerprint density at radius 2 is 2.00 bits per heavy atom. The third kappa shape index (κ3) is 3.30. The Morgan fingerprint density at radius 3 is 2.78 bits per heavy atom. The Bertz CT molecular complexity index is 1040. The van der Waals surface area contributed by atoms with Crippen molar-refractivity contribution in [2.75, 3.05) is 11.4 Å². The standard InChI is InChI=1S/C19H14ClF2N3O2/c1-10-2-5-14(21)16(6-10)25-9-12(8-17(25)26)19-23-18(24-27-19)11-3-4-13(20)15(22)7-11/h2-7,12H,8-9H2,1H3. The van der Waals surface area contributed by atoms with Crippen molar-refractivity contribution in [2.45, 2.75) is 19.3 Å². The van der Waals surface area contributed by atoms with Crippen molar-refractivity contribution in [3.8, 4) is 11.4 Å². The van der Waals surface area contributed by atoms with Gasteiger partial charge in [-0.05, 0) is 42.8 Å². The van der Waals surface area contributed by atoms with E-state index in [9.17, 15) is 13.6 Å². The molecule has 138 valence electrons. The fourth-order valence-corrected chi connectivity index (χ4v) is 3.21. The predicted octanol–water partition coefficient (Wildman–Crippen LogP) is 4.50. The first kappa shape index (κ1) is 17.6. The molecule has 1 amide bonds. The van der Waals surface area contributed by atoms with Gasteiger partial charge in [-0.25, -0.2) is 8.78 Å². The number of amides is 1. The lowest BCUT2D eigenvalue weighted by Gasteiger charge is -2.17. The minimum absolute atomic E-state index is 0.000295. The highest BCUT2D eigenvalue weighted by atomic mass is 35.5. The maximum atomic E-state index is 14.1. The Kier molecular flexibility index (Phi) is 4.39. The Morgan fingerprint density at radius 1 is 1.19 bits per heavy atom. The number of hydrogen-bond acceptors (Lipinski definition) is 4. The summed E-state index contributed by atoms with van der Waals surface area (Å²) in [5.41, 5.74) is 1.51. The molecule has 0 spiro atoms. The summed E-state index contributed by atoms with van der Waals surface area (Å²) < 4.78 is 33.0. The Hall–Kier alpha value is -2.80. The van der Waals surface area contributed by atoms with Crippen LogP contribution in [0.3, 0.4) is 0 Å². The molecule has 1 unspecified atom stereocenters. The fraction of sp³-hybridized carbons (Fsp3) is 0.211. The lowest BCUT2D eigenvalue weighted by molar-refractivity contribution is -0.117. The molecule has 0 radical (unpaired) electrons. The summed E-state index contributed by atoms with van der Waals surface area (Å²) in [7, 11) is 0. The number of carbonyl (C=O) groups is 1. The molecule has 1 atom stereocenters. The van der Waals surface area contributed by atoms with Crippen molar-refractivity contribution in [2.24, 2.45) is 0 Å². The number of nitrogens with zero attached hydrogens (tertiary/aromatic N) is 3. The Balaban J connectivity index is 1.58. The molecule has 0 bridgehead atoms. The van der Waals surface area contributed by atoms with Gasteiger partial charge in [0.15, 0.2) is 0 Å². The van der Waals surface area contributed by atoms with Crippen molar-refractivity contribution < 1.29 is 18.1 Å². The first-order valence-electron chi connectivity index (χ1n) is 8.28. The second-order valence-corrected chi connectivity index (χ2v) is 6.85. The summed E-state index contributed by atoms with van der Waals surface area (Å²) >= 11 is 5.68. The number of carbonyl (C=O) groups excluding carboxylic acids is 1. The molecule has 27 heavy (non-hydrogen) atoms. The molecule has 1 fully saturated rings. The second kappa shape index (κ2) is 6.74. The molecule has 1 saturated heterocycles. The molecule has 0 aliphatic carbocycles. The van der Waals surface area contributed by atoms with E-state index in [2.05, 4.69) is 10.1 Å². The second-order valence-electron chi connectivity index (χ2n) is 6.45. The van der Waals surface area contributed by atoms with Crippen molar-refractivity contribution in [1.29, 1.82) is 0 Å². The number of hydrogen-bond donors (Lipinski definition) is 0. The average molecular weight is 390 g/mol. The van der Waals surface area contributed by atoms with E-state index in [1.165, 1.54) is 23.1 Å². The van der Waals surface area contributed by atoms with E-state index in [-0.39, 0.29) is 47.2 Å². The lowest BCUT2D eigenvalue weighted by atomic mass is 10.1. The van der Waals surface area contributed by atoms with Gasteiger partial charge in [-0.15, -0.1) is 0 Å². The van der Waals surface area contributed by atoms with Crippen LogP contribution in [-0.2, 0) is 4.79 Å². The third-order valence-corrected chi connectivity index (χ3v) is 4.79. The molecule has 1 aromatic heterocycles. The molecule has 8 heteroatoms. The van der Waals surface area contributed by atoms with Crippen LogP contribution in [0.5, 0.6) is 0 Å². The van der Waals surface area contributed by atoms with E-state index < -0.39 is 11.6 Å². The zero-order valence-electron chi connectivity index (χ0n) is 14.2. The molecular formula is C19H14ClF2N3O2. The normalized spacial score (nSPS) is 17.0. The van der Waals surface area contributed by atoms with Gasteiger partial charge in [0.05, 0.1) is 16.6 Å². The van der Waals surface area contributed by atoms with Crippen molar-refractivity contribution >= 4 is 23.2 Å². The van der Waals surface area contributed by atoms with Gasteiger partial charge >= 0.3 is 0 Å². The molecule has 2 aromatic carbocycles. The van der Waals surface area contributed by atoms with Gasteiger partial charge in [-0.3, -0.25) is 4.79 Å². The smallest absolute Gasteiger partial charge is 0.232 e. The molecule has 1 aliphatic heterocycles. The average Bonchev–Trinajstić information content (AvgIpc) is 3.26. The zero-order valence-corrected chi connectivity index (χ0v) is 15.0. The van der Waals surface area contributed by atoms with Crippen LogP contribution in [0.25, 0.3) is 11.4 Å². The van der Waals surface area contributed by atoms with Crippen LogP contribution in [0.4, 0.5) is 14.5 Å². The minimum atomic E-state index is -0.586. The van der Waals surface area contributed by atoms with Gasteiger partial charge in [-0.2, -0.15) is 4.98 Å². The zero-order chi connectivity index (χ0) is 19.1. The van der Waals surface area contributed by atoms with E-state index in [1.54, 1.807) is 18.2 Å². The minimum Gasteiger partial charge on any atom is -0.339 e. The molecule has 3 aromatic rings. The highest BCUT2D eigenvalue weighted by Crippen LogP contribution is 2.33. The van der Waals surface area contributed by atoms with Crippen molar-refractivity contribution in [3.05, 3.63) is 64.5 Å². The summed E-state index contributed by atoms with van der Waals surface area (Å²) in [5.74, 6) is -1.18. The first-order chi connectivity index (χ1) is 12.9. The monoisotopic (exact) mass is 389 g/mol. The van der Waals surface area contributed by atoms with Gasteiger partial charge in [0.1, 0.15) is 11.6 Å². The van der Waals surface area contributed by atoms with Crippen LogP contribution < -0.4 is 4.90 Å². The van der Waals surface area contributed by atoms with Gasteiger partial charge in [-0.1, -0.05) is 22.8 Å². The third-order valence-electron chi connectivity index (χ3n) is 4.49. The topological polar surface area (TPSA) is 59.2 Å². The van der Waals surface area contributed by atoms with Crippen molar-refractivity contribution in [3.63, 3.8) is 0 Å². The van der Waals surface area contributed by atoms with E-state index in [4.69, 9.17) is 16.1 Å². The molecule has 0 saturated carbocycles. The molecule has 2 heterocycles. The van der Waals surface area contributed by atoms with E-state index >= 15 is 0 Å². The fourth-order valence-electron chi connectivity index (χ4n) is 3.09. The SMILES string of the molecule is Cc1ccc(F)c(N2CC(c3nc(-c4ccc(Cl)c(F)c4)no3)CC2=O)c1. The highest BCUT2D eigenvalue weighted by Gasteiger charge is 2.36. The Labute approximate surface area is 158 Å². The van der Waals surface area contributed by atoms with Crippen LogP contribution in [0.2, 0.25) is 5.02 Å². The molecule has 5 nitrogen and oxygen atoms in total. The van der Waals surface area contributed by atoms with Crippen LogP contribution in [0, 0.1) is 18.6 Å².